The quantitative estimate of drug-likeness (QED) is 0.804. The van der Waals surface area contributed by atoms with Crippen LogP contribution in [0.2, 0.25) is 0 Å². The predicted molar refractivity (Wildman–Crippen MR) is 82.4 cm³/mol. The van der Waals surface area contributed by atoms with Crippen LogP contribution < -0.4 is 5.32 Å². The van der Waals surface area contributed by atoms with Crippen molar-refractivity contribution < 1.29 is 23.1 Å². The van der Waals surface area contributed by atoms with Gasteiger partial charge in [-0.25, -0.2) is 0 Å². The second-order valence-corrected chi connectivity index (χ2v) is 6.26. The molecule has 0 aromatic carbocycles. The van der Waals surface area contributed by atoms with Gasteiger partial charge in [-0.2, -0.15) is 18.3 Å². The first-order valence-corrected chi connectivity index (χ1v) is 7.82. The Morgan fingerprint density at radius 2 is 2.12 bits per heavy atom. The molecule has 0 bridgehead atoms. The Labute approximate surface area is 138 Å². The lowest BCUT2D eigenvalue weighted by molar-refractivity contribution is -0.143. The average Bonchev–Trinajstić information content (AvgIpc) is 3.02. The number of carbonyl (C=O) groups excluding carboxylic acids is 1. The van der Waals surface area contributed by atoms with Crippen LogP contribution in [-0.2, 0) is 11.3 Å². The fraction of sp³-hybridized carbons (Fsp3) is 0.625. The van der Waals surface area contributed by atoms with Gasteiger partial charge in [0.25, 0.3) is 0 Å². The number of rotatable bonds is 5. The maximum Gasteiger partial charge on any atom is 0.408 e. The van der Waals surface area contributed by atoms with E-state index in [1.807, 2.05) is 12.2 Å². The summed E-state index contributed by atoms with van der Waals surface area (Å²) in [6.45, 7) is 3.67. The van der Waals surface area contributed by atoms with Crippen LogP contribution in [0.15, 0.2) is 12.2 Å². The SMILES string of the molecule is Cc1nn(CC(F)(F)F)c(C)c1C(C)C(=O)N[C@@H]1C=C[C@H](CO)C1. The molecule has 1 heterocycles. The van der Waals surface area contributed by atoms with Crippen molar-refractivity contribution in [2.75, 3.05) is 6.61 Å². The van der Waals surface area contributed by atoms with Crippen LogP contribution in [0.5, 0.6) is 0 Å². The number of nitrogens with one attached hydrogen (secondary N) is 1. The standard InChI is InChI=1S/C16H22F3N3O2/c1-9(15(24)20-13-5-4-12(6-13)7-23)14-10(2)21-22(11(14)3)8-16(17,18)19/h4-5,9,12-13,23H,6-8H2,1-3H3,(H,20,24)/t9?,12-,13+/m0/s1. The molecule has 0 radical (unpaired) electrons. The summed E-state index contributed by atoms with van der Waals surface area (Å²) < 4.78 is 38.7. The Kier molecular flexibility index (Phi) is 5.37. The fourth-order valence-electron chi connectivity index (χ4n) is 3.12. The molecule has 0 aliphatic heterocycles. The summed E-state index contributed by atoms with van der Waals surface area (Å²) in [7, 11) is 0. The number of hydrogen-bond donors (Lipinski definition) is 2. The van der Waals surface area contributed by atoms with Crippen molar-refractivity contribution in [1.82, 2.24) is 15.1 Å². The van der Waals surface area contributed by atoms with Crippen LogP contribution in [0, 0.1) is 19.8 Å². The first kappa shape index (κ1) is 18.5. The summed E-state index contributed by atoms with van der Waals surface area (Å²) in [5, 5.41) is 15.9. The molecule has 1 aromatic rings. The van der Waals surface area contributed by atoms with E-state index in [4.69, 9.17) is 5.11 Å². The highest BCUT2D eigenvalue weighted by atomic mass is 19.4. The van der Waals surface area contributed by atoms with Gasteiger partial charge in [0, 0.05) is 29.8 Å². The lowest BCUT2D eigenvalue weighted by Crippen LogP contribution is -2.36. The van der Waals surface area contributed by atoms with Crippen molar-refractivity contribution in [1.29, 1.82) is 0 Å². The summed E-state index contributed by atoms with van der Waals surface area (Å²) in [6.07, 6.45) is -0.0496. The normalized spacial score (nSPS) is 22.0. The molecule has 1 aliphatic carbocycles. The van der Waals surface area contributed by atoms with Crippen molar-refractivity contribution in [3.8, 4) is 0 Å². The molecule has 8 heteroatoms. The van der Waals surface area contributed by atoms with E-state index < -0.39 is 18.6 Å². The zero-order valence-corrected chi connectivity index (χ0v) is 13.9. The number of aliphatic hydroxyl groups excluding tert-OH is 1. The van der Waals surface area contributed by atoms with E-state index in [1.165, 1.54) is 0 Å². The lowest BCUT2D eigenvalue weighted by atomic mass is 9.97. The number of alkyl halides is 3. The van der Waals surface area contributed by atoms with Crippen LogP contribution in [0.1, 0.15) is 36.2 Å². The molecule has 1 aliphatic rings. The molecule has 5 nitrogen and oxygen atoms in total. The minimum absolute atomic E-state index is 0.0286. The zero-order valence-electron chi connectivity index (χ0n) is 13.9. The van der Waals surface area contributed by atoms with Gasteiger partial charge in [-0.3, -0.25) is 9.48 Å². The second-order valence-electron chi connectivity index (χ2n) is 6.26. The van der Waals surface area contributed by atoms with E-state index in [1.54, 1.807) is 20.8 Å². The van der Waals surface area contributed by atoms with Crippen molar-refractivity contribution in [3.05, 3.63) is 29.1 Å². The van der Waals surface area contributed by atoms with Gasteiger partial charge in [0.2, 0.25) is 5.91 Å². The molecule has 24 heavy (non-hydrogen) atoms. The third kappa shape index (κ3) is 4.17. The van der Waals surface area contributed by atoms with Gasteiger partial charge in [0.15, 0.2) is 0 Å². The summed E-state index contributed by atoms with van der Waals surface area (Å²) in [5.41, 5.74) is 1.30. The van der Waals surface area contributed by atoms with Gasteiger partial charge in [0.05, 0.1) is 11.6 Å². The van der Waals surface area contributed by atoms with Gasteiger partial charge in [-0.15, -0.1) is 0 Å². The number of aromatic nitrogens is 2. The van der Waals surface area contributed by atoms with Crippen molar-refractivity contribution in [2.24, 2.45) is 5.92 Å². The van der Waals surface area contributed by atoms with E-state index in [-0.39, 0.29) is 24.5 Å². The smallest absolute Gasteiger partial charge is 0.396 e. The molecule has 1 unspecified atom stereocenters. The molecular formula is C16H22F3N3O2. The molecule has 3 atom stereocenters. The lowest BCUT2D eigenvalue weighted by Gasteiger charge is -2.17. The Morgan fingerprint density at radius 3 is 2.67 bits per heavy atom. The minimum Gasteiger partial charge on any atom is -0.396 e. The zero-order chi connectivity index (χ0) is 18.1. The minimum atomic E-state index is -4.36. The molecular weight excluding hydrogens is 323 g/mol. The van der Waals surface area contributed by atoms with Gasteiger partial charge >= 0.3 is 6.18 Å². The Balaban J connectivity index is 2.10. The highest BCUT2D eigenvalue weighted by Crippen LogP contribution is 2.27. The molecule has 0 spiro atoms. The largest absolute Gasteiger partial charge is 0.408 e. The fourth-order valence-corrected chi connectivity index (χ4v) is 3.12. The van der Waals surface area contributed by atoms with E-state index in [9.17, 15) is 18.0 Å². The molecule has 1 aromatic heterocycles. The summed E-state index contributed by atoms with van der Waals surface area (Å²) >= 11 is 0. The van der Waals surface area contributed by atoms with Gasteiger partial charge < -0.3 is 10.4 Å². The first-order valence-electron chi connectivity index (χ1n) is 7.82. The van der Waals surface area contributed by atoms with Crippen LogP contribution in [0.3, 0.4) is 0 Å². The van der Waals surface area contributed by atoms with Crippen molar-refractivity contribution in [2.45, 2.75) is 51.9 Å². The number of carbonyl (C=O) groups is 1. The summed E-state index contributed by atoms with van der Waals surface area (Å²) in [5.74, 6) is -0.835. The van der Waals surface area contributed by atoms with Crippen LogP contribution in [-0.4, -0.2) is 39.6 Å². The average molecular weight is 345 g/mol. The number of aliphatic hydroxyl groups is 1. The number of nitrogens with zero attached hydrogens (tertiary/aromatic N) is 2. The van der Waals surface area contributed by atoms with Crippen LogP contribution in [0.4, 0.5) is 13.2 Å². The van der Waals surface area contributed by atoms with Gasteiger partial charge in [-0.1, -0.05) is 12.2 Å². The Hall–Kier alpha value is -1.83. The number of halogens is 3. The van der Waals surface area contributed by atoms with E-state index >= 15 is 0 Å². The summed E-state index contributed by atoms with van der Waals surface area (Å²) in [4.78, 5) is 12.4. The van der Waals surface area contributed by atoms with E-state index in [0.717, 1.165) is 4.68 Å². The van der Waals surface area contributed by atoms with Crippen molar-refractivity contribution in [3.63, 3.8) is 0 Å². The molecule has 2 N–H and O–H groups in total. The number of aryl methyl sites for hydroxylation is 1. The van der Waals surface area contributed by atoms with Gasteiger partial charge in [0.1, 0.15) is 6.54 Å². The maximum absolute atomic E-state index is 12.6. The summed E-state index contributed by atoms with van der Waals surface area (Å²) in [6, 6.07) is -0.164. The highest BCUT2D eigenvalue weighted by molar-refractivity contribution is 5.84. The van der Waals surface area contributed by atoms with Crippen molar-refractivity contribution >= 4 is 5.91 Å². The van der Waals surface area contributed by atoms with Gasteiger partial charge in [-0.05, 0) is 27.2 Å². The highest BCUT2D eigenvalue weighted by Gasteiger charge is 2.32. The van der Waals surface area contributed by atoms with Crippen LogP contribution in [0.25, 0.3) is 0 Å². The first-order chi connectivity index (χ1) is 11.1. The van der Waals surface area contributed by atoms with Crippen LogP contribution >= 0.6 is 0 Å². The maximum atomic E-state index is 12.6. The number of amides is 1. The molecule has 0 saturated carbocycles. The molecule has 0 saturated heterocycles. The molecule has 0 fully saturated rings. The second kappa shape index (κ2) is 6.96. The number of hydrogen-bond acceptors (Lipinski definition) is 3. The molecule has 1 amide bonds. The van der Waals surface area contributed by atoms with E-state index in [2.05, 4.69) is 10.4 Å². The van der Waals surface area contributed by atoms with E-state index in [0.29, 0.717) is 23.4 Å². The third-order valence-corrected chi connectivity index (χ3v) is 4.33. The predicted octanol–water partition coefficient (Wildman–Crippen LogP) is 2.22. The molecule has 2 rings (SSSR count). The topological polar surface area (TPSA) is 67.2 Å². The monoisotopic (exact) mass is 345 g/mol. The Bertz CT molecular complexity index is 637. The third-order valence-electron chi connectivity index (χ3n) is 4.33. The Morgan fingerprint density at radius 1 is 1.46 bits per heavy atom. The molecule has 134 valence electrons.